The van der Waals surface area contributed by atoms with Gasteiger partial charge in [-0.1, -0.05) is 12.1 Å². The Bertz CT molecular complexity index is 716. The van der Waals surface area contributed by atoms with E-state index in [1.54, 1.807) is 5.38 Å². The van der Waals surface area contributed by atoms with Crippen molar-refractivity contribution in [3.05, 3.63) is 34.7 Å². The minimum atomic E-state index is -1.31. The number of carboxylic acids is 1. The molecule has 110 valence electrons. The van der Waals surface area contributed by atoms with Crippen LogP contribution in [0, 0.1) is 6.92 Å². The van der Waals surface area contributed by atoms with Crippen molar-refractivity contribution in [2.24, 2.45) is 0 Å². The number of hydrogen-bond acceptors (Lipinski definition) is 4. The number of aliphatic carboxylic acids is 1. The number of carbonyl (C=O) groups excluding carboxylic acids is 1. The summed E-state index contributed by atoms with van der Waals surface area (Å²) in [6.45, 7) is 2.35. The number of carboxylic acid groups (broad SMARTS) is 1. The van der Waals surface area contributed by atoms with Crippen LogP contribution in [0.3, 0.4) is 0 Å². The highest BCUT2D eigenvalue weighted by atomic mass is 32.1. The maximum atomic E-state index is 12.4. The number of ether oxygens (including phenoxy) is 1. The highest BCUT2D eigenvalue weighted by Crippen LogP contribution is 2.28. The number of nitrogens with one attached hydrogen (secondary N) is 1. The van der Waals surface area contributed by atoms with Gasteiger partial charge in [-0.3, -0.25) is 4.79 Å². The molecular formula is C15H15NO4S. The number of thiophene rings is 1. The van der Waals surface area contributed by atoms with Crippen LogP contribution in [0.15, 0.2) is 23.6 Å². The number of aryl methyl sites for hydroxylation is 1. The number of amides is 1. The van der Waals surface area contributed by atoms with Gasteiger partial charge in [-0.2, -0.15) is 0 Å². The highest BCUT2D eigenvalue weighted by Gasteiger charge is 2.44. The first-order chi connectivity index (χ1) is 10.0. The van der Waals surface area contributed by atoms with Crippen LogP contribution in [0.1, 0.15) is 22.3 Å². The summed E-state index contributed by atoms with van der Waals surface area (Å²) in [5.41, 5.74) is 0.334. The fourth-order valence-electron chi connectivity index (χ4n) is 2.48. The second-order valence-corrected chi connectivity index (χ2v) is 6.20. The van der Waals surface area contributed by atoms with Crippen molar-refractivity contribution in [2.75, 3.05) is 13.2 Å². The predicted molar refractivity (Wildman–Crippen MR) is 79.8 cm³/mol. The molecule has 6 heteroatoms. The summed E-state index contributed by atoms with van der Waals surface area (Å²) in [4.78, 5) is 23.9. The first-order valence-electron chi connectivity index (χ1n) is 6.63. The zero-order chi connectivity index (χ0) is 15.0. The number of carbonyl (C=O) groups is 2. The van der Waals surface area contributed by atoms with Crippen molar-refractivity contribution < 1.29 is 19.4 Å². The lowest BCUT2D eigenvalue weighted by molar-refractivity contribution is -0.144. The summed E-state index contributed by atoms with van der Waals surface area (Å²) in [6, 6.07) is 5.86. The van der Waals surface area contributed by atoms with Gasteiger partial charge in [0, 0.05) is 28.5 Å². The minimum Gasteiger partial charge on any atom is -0.479 e. The first-order valence-corrected chi connectivity index (χ1v) is 7.51. The lowest BCUT2D eigenvalue weighted by Gasteiger charge is -2.23. The molecule has 0 saturated carbocycles. The third kappa shape index (κ3) is 2.41. The molecule has 2 N–H and O–H groups in total. The summed E-state index contributed by atoms with van der Waals surface area (Å²) < 4.78 is 6.17. The third-order valence-electron chi connectivity index (χ3n) is 3.76. The Morgan fingerprint density at radius 1 is 1.43 bits per heavy atom. The monoisotopic (exact) mass is 305 g/mol. The van der Waals surface area contributed by atoms with Crippen LogP contribution >= 0.6 is 11.3 Å². The molecule has 1 aromatic carbocycles. The smallest absolute Gasteiger partial charge is 0.331 e. The number of hydrogen-bond donors (Lipinski definition) is 2. The average molecular weight is 305 g/mol. The molecule has 0 bridgehead atoms. The zero-order valence-electron chi connectivity index (χ0n) is 11.5. The largest absolute Gasteiger partial charge is 0.479 e. The molecule has 0 aliphatic carbocycles. The van der Waals surface area contributed by atoms with E-state index in [1.807, 2.05) is 25.1 Å². The Balaban J connectivity index is 1.92. The van der Waals surface area contributed by atoms with Crippen molar-refractivity contribution >= 4 is 33.3 Å². The van der Waals surface area contributed by atoms with Crippen molar-refractivity contribution in [1.29, 1.82) is 0 Å². The first kappa shape index (κ1) is 14.0. The van der Waals surface area contributed by atoms with Gasteiger partial charge in [-0.05, 0) is 18.6 Å². The third-order valence-corrected chi connectivity index (χ3v) is 4.70. The SMILES string of the molecule is Cc1ccc2c(C(=O)NC3(C(=O)O)CCOC3)csc2c1. The molecule has 5 nitrogen and oxygen atoms in total. The number of benzene rings is 1. The molecule has 1 aliphatic rings. The Labute approximate surface area is 125 Å². The lowest BCUT2D eigenvalue weighted by atomic mass is 9.98. The van der Waals surface area contributed by atoms with Gasteiger partial charge >= 0.3 is 5.97 Å². The lowest BCUT2D eigenvalue weighted by Crippen LogP contribution is -2.55. The molecule has 1 atom stereocenters. The molecule has 1 amide bonds. The normalized spacial score (nSPS) is 21.6. The van der Waals surface area contributed by atoms with E-state index in [0.717, 1.165) is 15.6 Å². The van der Waals surface area contributed by atoms with E-state index >= 15 is 0 Å². The van der Waals surface area contributed by atoms with Crippen LogP contribution in [-0.4, -0.2) is 35.7 Å². The van der Waals surface area contributed by atoms with E-state index in [2.05, 4.69) is 5.32 Å². The van der Waals surface area contributed by atoms with Crippen LogP contribution in [-0.2, 0) is 9.53 Å². The van der Waals surface area contributed by atoms with Crippen LogP contribution in [0.25, 0.3) is 10.1 Å². The van der Waals surface area contributed by atoms with Crippen LogP contribution < -0.4 is 5.32 Å². The second kappa shape index (κ2) is 5.13. The van der Waals surface area contributed by atoms with Gasteiger partial charge in [0.25, 0.3) is 5.91 Å². The van der Waals surface area contributed by atoms with Crippen molar-refractivity contribution in [3.8, 4) is 0 Å². The van der Waals surface area contributed by atoms with Gasteiger partial charge in [0.15, 0.2) is 5.54 Å². The summed E-state index contributed by atoms with van der Waals surface area (Å²) >= 11 is 1.48. The standard InChI is InChI=1S/C15H15NO4S/c1-9-2-3-10-11(7-21-12(10)6-9)13(17)16-15(14(18)19)4-5-20-8-15/h2-3,6-7H,4-5,8H2,1H3,(H,16,17)(H,18,19). The van der Waals surface area contributed by atoms with Crippen LogP contribution in [0.2, 0.25) is 0 Å². The number of fused-ring (bicyclic) bond motifs is 1. The molecular weight excluding hydrogens is 290 g/mol. The maximum absolute atomic E-state index is 12.4. The summed E-state index contributed by atoms with van der Waals surface area (Å²) in [7, 11) is 0. The van der Waals surface area contributed by atoms with Gasteiger partial charge in [0.2, 0.25) is 0 Å². The van der Waals surface area contributed by atoms with Gasteiger partial charge in [-0.25, -0.2) is 4.79 Å². The van der Waals surface area contributed by atoms with Gasteiger partial charge in [0.05, 0.1) is 12.2 Å². The predicted octanol–water partition coefficient (Wildman–Crippen LogP) is 2.18. The van der Waals surface area contributed by atoms with Crippen molar-refractivity contribution in [1.82, 2.24) is 5.32 Å². The fraction of sp³-hybridized carbons (Fsp3) is 0.333. The zero-order valence-corrected chi connectivity index (χ0v) is 12.3. The Morgan fingerprint density at radius 3 is 2.90 bits per heavy atom. The molecule has 21 heavy (non-hydrogen) atoms. The van der Waals surface area contributed by atoms with E-state index < -0.39 is 11.5 Å². The fourth-order valence-corrected chi connectivity index (χ4v) is 3.52. The Morgan fingerprint density at radius 2 is 2.24 bits per heavy atom. The van der Waals surface area contributed by atoms with Crippen LogP contribution in [0.4, 0.5) is 0 Å². The molecule has 1 saturated heterocycles. The Kier molecular flexibility index (Phi) is 3.43. The Hall–Kier alpha value is -1.92. The molecule has 2 aromatic rings. The summed E-state index contributed by atoms with van der Waals surface area (Å²) in [5.74, 6) is -1.42. The molecule has 2 heterocycles. The van der Waals surface area contributed by atoms with E-state index in [-0.39, 0.29) is 18.9 Å². The quantitative estimate of drug-likeness (QED) is 0.911. The van der Waals surface area contributed by atoms with E-state index in [4.69, 9.17) is 4.74 Å². The molecule has 1 aliphatic heterocycles. The molecule has 3 rings (SSSR count). The average Bonchev–Trinajstić information content (AvgIpc) is 3.05. The highest BCUT2D eigenvalue weighted by molar-refractivity contribution is 7.17. The second-order valence-electron chi connectivity index (χ2n) is 5.29. The van der Waals surface area contributed by atoms with Crippen molar-refractivity contribution in [3.63, 3.8) is 0 Å². The molecule has 0 radical (unpaired) electrons. The van der Waals surface area contributed by atoms with E-state index in [9.17, 15) is 14.7 Å². The minimum absolute atomic E-state index is 0.00918. The molecule has 1 fully saturated rings. The van der Waals surface area contributed by atoms with Gasteiger partial charge < -0.3 is 15.2 Å². The van der Waals surface area contributed by atoms with E-state index in [1.165, 1.54) is 11.3 Å². The maximum Gasteiger partial charge on any atom is 0.331 e. The van der Waals surface area contributed by atoms with Crippen molar-refractivity contribution in [2.45, 2.75) is 18.9 Å². The molecule has 0 spiro atoms. The number of rotatable bonds is 3. The topological polar surface area (TPSA) is 75.6 Å². The van der Waals surface area contributed by atoms with Gasteiger partial charge in [0.1, 0.15) is 0 Å². The summed E-state index contributed by atoms with van der Waals surface area (Å²) in [5, 5.41) is 14.6. The molecule has 1 aromatic heterocycles. The van der Waals surface area contributed by atoms with Crippen LogP contribution in [0.5, 0.6) is 0 Å². The molecule has 1 unspecified atom stereocenters. The summed E-state index contributed by atoms with van der Waals surface area (Å²) in [6.07, 6.45) is 0.287. The van der Waals surface area contributed by atoms with E-state index in [0.29, 0.717) is 12.2 Å². The van der Waals surface area contributed by atoms with Gasteiger partial charge in [-0.15, -0.1) is 11.3 Å².